The van der Waals surface area contributed by atoms with Crippen molar-refractivity contribution in [3.05, 3.63) is 0 Å². The van der Waals surface area contributed by atoms with Gasteiger partial charge in [0.05, 0.1) is 0 Å². The summed E-state index contributed by atoms with van der Waals surface area (Å²) in [4.78, 5) is 0. The van der Waals surface area contributed by atoms with Crippen LogP contribution in [0.4, 0.5) is 0 Å². The summed E-state index contributed by atoms with van der Waals surface area (Å²) >= 11 is 0.194. The molecule has 0 saturated heterocycles. The van der Waals surface area contributed by atoms with E-state index < -0.39 is 0 Å². The van der Waals surface area contributed by atoms with Crippen LogP contribution < -0.4 is 18.9 Å². The van der Waals surface area contributed by atoms with Crippen LogP contribution in [0.1, 0.15) is 4.28 Å². The van der Waals surface area contributed by atoms with E-state index in [1.54, 1.807) is 0 Å². The first kappa shape index (κ1) is 16.1. The van der Waals surface area contributed by atoms with Gasteiger partial charge < -0.3 is 4.28 Å². The van der Waals surface area contributed by atoms with Gasteiger partial charge in [0.2, 0.25) is 0 Å². The van der Waals surface area contributed by atoms with Gasteiger partial charge in [-0.05, 0) is 0 Å². The van der Waals surface area contributed by atoms with E-state index in [9.17, 15) is 0 Å². The fourth-order valence-electron chi connectivity index (χ4n) is 0. The molecule has 0 aliphatic carbocycles. The maximum atomic E-state index is 8.36. The Morgan fingerprint density at radius 1 is 1.50 bits per heavy atom. The fourth-order valence-corrected chi connectivity index (χ4v) is 0. The Hall–Kier alpha value is 2.40. The molecule has 0 N–H and O–H groups in total. The van der Waals surface area contributed by atoms with Crippen molar-refractivity contribution >= 4 is 37.7 Å². The van der Waals surface area contributed by atoms with Crippen molar-refractivity contribution in [1.82, 2.24) is 0 Å². The second-order valence-electron chi connectivity index (χ2n) is 0. The first-order chi connectivity index (χ1) is 1.00. The van der Waals surface area contributed by atoms with Crippen molar-refractivity contribution in [3.63, 3.8) is 0 Å². The predicted octanol–water partition coefficient (Wildman–Crippen LogP) is -3.16. The van der Waals surface area contributed by atoms with Crippen LogP contribution in [0.5, 0.6) is 0 Å². The molecular formula is H3CaLiOTa. The Labute approximate surface area is 83.8 Å². The van der Waals surface area contributed by atoms with Crippen molar-refractivity contribution in [2.75, 3.05) is 0 Å². The van der Waals surface area contributed by atoms with Crippen molar-refractivity contribution in [3.8, 4) is 0 Å². The molecule has 0 unspecified atom stereocenters. The number of hydrogen-bond donors (Lipinski definition) is 0. The third kappa shape index (κ3) is 8.83. The van der Waals surface area contributed by atoms with Crippen molar-refractivity contribution in [1.29, 1.82) is 0 Å². The normalized spacial score (nSPS) is 0.750. The molecule has 0 amide bonds. The van der Waals surface area contributed by atoms with Gasteiger partial charge in [-0.25, -0.2) is 0 Å². The van der Waals surface area contributed by atoms with Gasteiger partial charge in [-0.3, -0.25) is 0 Å². The standard InChI is InChI=1S/Ca.Li.O.Ta.3H/q+2;+1;;;3*-1. The molecule has 0 aliphatic rings. The van der Waals surface area contributed by atoms with Gasteiger partial charge in [-0.2, -0.15) is 0 Å². The van der Waals surface area contributed by atoms with Crippen LogP contribution in [0.15, 0.2) is 0 Å². The molecule has 0 saturated carbocycles. The topological polar surface area (TPSA) is 17.1 Å². The number of hydrogen-bond acceptors (Lipinski definition) is 1. The monoisotopic (exact) mass is 247 g/mol. The Balaban J connectivity index is -0.000000000500. The first-order valence-corrected chi connectivity index (χ1v) is 1.49. The molecule has 0 aromatic heterocycles. The summed E-state index contributed by atoms with van der Waals surface area (Å²) in [5, 5.41) is 0. The van der Waals surface area contributed by atoms with Crippen LogP contribution in [-0.4, -0.2) is 37.7 Å². The molecule has 4 heteroatoms. The van der Waals surface area contributed by atoms with Crippen LogP contribution in [-0.2, 0) is 24.3 Å². The molecule has 0 aromatic rings. The van der Waals surface area contributed by atoms with E-state index in [4.69, 9.17) is 3.25 Å². The van der Waals surface area contributed by atoms with E-state index in [1.165, 1.54) is 0 Å². The van der Waals surface area contributed by atoms with E-state index in [2.05, 4.69) is 0 Å². The van der Waals surface area contributed by atoms with E-state index in [1.807, 2.05) is 0 Å². The van der Waals surface area contributed by atoms with E-state index in [0.717, 1.165) is 0 Å². The minimum atomic E-state index is 0. The minimum absolute atomic E-state index is 0. The Morgan fingerprint density at radius 2 is 1.50 bits per heavy atom. The van der Waals surface area contributed by atoms with Crippen molar-refractivity contribution in [2.24, 2.45) is 0 Å². The summed E-state index contributed by atoms with van der Waals surface area (Å²) in [6.45, 7) is 0. The third-order valence-corrected chi connectivity index (χ3v) is 0. The summed E-state index contributed by atoms with van der Waals surface area (Å²) in [6, 6.07) is 0. The zero-order valence-corrected chi connectivity index (χ0v) is 7.98. The summed E-state index contributed by atoms with van der Waals surface area (Å²) in [7, 11) is 0. The van der Waals surface area contributed by atoms with Crippen molar-refractivity contribution < 1.29 is 47.4 Å². The third-order valence-electron chi connectivity index (χ3n) is 0. The molecule has 0 fully saturated rings. The molecule has 0 rings (SSSR count). The average Bonchev–Trinajstić information content (AvgIpc) is 1.00. The zero-order chi connectivity index (χ0) is 2.00. The van der Waals surface area contributed by atoms with Gasteiger partial charge in [0.15, 0.2) is 0 Å². The summed E-state index contributed by atoms with van der Waals surface area (Å²) < 4.78 is 8.36. The van der Waals surface area contributed by atoms with Crippen LogP contribution in [0, 0.1) is 0 Å². The maximum absolute atomic E-state index is 8.36. The van der Waals surface area contributed by atoms with Gasteiger partial charge in [-0.15, -0.1) is 0 Å². The Bertz CT molecular complexity index is 14.9. The molecule has 0 atom stereocenters. The van der Waals surface area contributed by atoms with Crippen molar-refractivity contribution in [2.45, 2.75) is 0 Å². The second-order valence-corrected chi connectivity index (χ2v) is 0. The molecule has 0 aliphatic heterocycles. The molecule has 0 radical (unpaired) electrons. The van der Waals surface area contributed by atoms with Crippen LogP contribution in [0.25, 0.3) is 0 Å². The molecule has 17 valence electrons. The van der Waals surface area contributed by atoms with Crippen LogP contribution >= 0.6 is 0 Å². The summed E-state index contributed by atoms with van der Waals surface area (Å²) in [5.74, 6) is 0. The van der Waals surface area contributed by atoms with E-state index in [-0.39, 0.29) is 81.9 Å². The predicted molar refractivity (Wildman–Crippen MR) is 9.78 cm³/mol. The number of rotatable bonds is 0. The quantitative estimate of drug-likeness (QED) is 0.413. The Kier molecular flexibility index (Phi) is 73.3. The second kappa shape index (κ2) is 18.2. The molecule has 4 heavy (non-hydrogen) atoms. The van der Waals surface area contributed by atoms with E-state index in [0.29, 0.717) is 0 Å². The van der Waals surface area contributed by atoms with Gasteiger partial charge >= 0.3 is 80.9 Å². The average molecular weight is 247 g/mol. The van der Waals surface area contributed by atoms with Crippen LogP contribution in [0.3, 0.4) is 0 Å². The molecule has 0 aromatic carbocycles. The molecule has 1 nitrogen and oxygen atoms in total. The Morgan fingerprint density at radius 3 is 1.50 bits per heavy atom. The van der Waals surface area contributed by atoms with Gasteiger partial charge in [0.25, 0.3) is 0 Å². The summed E-state index contributed by atoms with van der Waals surface area (Å²) in [5.41, 5.74) is 0. The molecule has 0 bridgehead atoms. The summed E-state index contributed by atoms with van der Waals surface area (Å²) in [6.07, 6.45) is 0. The fraction of sp³-hybridized carbons (Fsp3) is 0. The first-order valence-electron chi connectivity index (χ1n) is 0.183. The van der Waals surface area contributed by atoms with Crippen LogP contribution in [0.2, 0.25) is 0 Å². The van der Waals surface area contributed by atoms with Gasteiger partial charge in [-0.1, -0.05) is 0 Å². The molecule has 0 spiro atoms. The van der Waals surface area contributed by atoms with Gasteiger partial charge in [0.1, 0.15) is 0 Å². The SMILES string of the molecule is [Ca+2].[H-].[H-].[H-].[Li+].[O]=[Ta]. The van der Waals surface area contributed by atoms with Gasteiger partial charge in [0, 0.05) is 0 Å². The van der Waals surface area contributed by atoms with E-state index >= 15 is 0 Å². The molecular weight excluding hydrogens is 244 g/mol. The molecule has 0 heterocycles. The zero-order valence-electron chi connectivity index (χ0n) is 5.56.